The Morgan fingerprint density at radius 3 is 2.42 bits per heavy atom. The minimum Gasteiger partial charge on any atom is -0.462 e. The van der Waals surface area contributed by atoms with Gasteiger partial charge in [-0.3, -0.25) is 14.9 Å². The molecule has 0 unspecified atom stereocenters. The zero-order valence-electron chi connectivity index (χ0n) is 17.5. The first kappa shape index (κ1) is 24.3. The van der Waals surface area contributed by atoms with E-state index in [1.807, 2.05) is 0 Å². The van der Waals surface area contributed by atoms with E-state index in [0.29, 0.717) is 0 Å². The lowest BCUT2D eigenvalue weighted by Crippen LogP contribution is -2.23. The van der Waals surface area contributed by atoms with Crippen molar-refractivity contribution < 1.29 is 28.8 Å². The first-order valence-corrected chi connectivity index (χ1v) is 10.3. The van der Waals surface area contributed by atoms with Crippen LogP contribution >= 0.6 is 22.9 Å². The molecule has 1 aromatic carbocycles. The van der Waals surface area contributed by atoms with Crippen LogP contribution in [0.15, 0.2) is 18.2 Å². The Labute approximate surface area is 187 Å². The van der Waals surface area contributed by atoms with Gasteiger partial charge in [-0.2, -0.15) is 0 Å². The lowest BCUT2D eigenvalue weighted by Gasteiger charge is -2.19. The van der Waals surface area contributed by atoms with Crippen LogP contribution in [-0.2, 0) is 9.47 Å². The molecule has 0 atom stereocenters. The molecule has 1 N–H and O–H groups in total. The smallest absolute Gasteiger partial charge is 0.349 e. The van der Waals surface area contributed by atoms with Crippen LogP contribution in [-0.4, -0.2) is 35.0 Å². The van der Waals surface area contributed by atoms with Crippen molar-refractivity contribution >= 4 is 51.5 Å². The number of thiophene rings is 1. The molecule has 0 saturated carbocycles. The summed E-state index contributed by atoms with van der Waals surface area (Å²) >= 11 is 6.71. The number of anilines is 1. The van der Waals surface area contributed by atoms with Crippen molar-refractivity contribution in [2.24, 2.45) is 0 Å². The Kier molecular flexibility index (Phi) is 7.40. The number of carbonyl (C=O) groups is 3. The number of hydrogen-bond acceptors (Lipinski definition) is 8. The summed E-state index contributed by atoms with van der Waals surface area (Å²) < 4.78 is 10.4. The zero-order valence-corrected chi connectivity index (χ0v) is 19.1. The van der Waals surface area contributed by atoms with Gasteiger partial charge < -0.3 is 14.8 Å². The number of nitro groups is 1. The van der Waals surface area contributed by atoms with Gasteiger partial charge in [-0.1, -0.05) is 11.6 Å². The van der Waals surface area contributed by atoms with Crippen molar-refractivity contribution in [2.75, 3.05) is 11.9 Å². The number of ether oxygens (including phenoxy) is 2. The van der Waals surface area contributed by atoms with Crippen LogP contribution < -0.4 is 5.32 Å². The summed E-state index contributed by atoms with van der Waals surface area (Å²) in [5.74, 6) is -2.28. The van der Waals surface area contributed by atoms with Gasteiger partial charge in [-0.05, 0) is 52.3 Å². The van der Waals surface area contributed by atoms with Crippen LogP contribution in [0.2, 0.25) is 5.02 Å². The molecule has 0 aliphatic heterocycles. The minimum atomic E-state index is -0.864. The van der Waals surface area contributed by atoms with E-state index < -0.39 is 34.1 Å². The highest BCUT2D eigenvalue weighted by Gasteiger charge is 2.30. The highest BCUT2D eigenvalue weighted by Crippen LogP contribution is 2.36. The van der Waals surface area contributed by atoms with E-state index in [4.69, 9.17) is 21.1 Å². The van der Waals surface area contributed by atoms with Gasteiger partial charge in [0.25, 0.3) is 11.6 Å². The van der Waals surface area contributed by atoms with E-state index in [-0.39, 0.29) is 38.2 Å². The minimum absolute atomic E-state index is 0.0103. The fourth-order valence-corrected chi connectivity index (χ4v) is 3.83. The average molecular weight is 469 g/mol. The topological polar surface area (TPSA) is 125 Å². The summed E-state index contributed by atoms with van der Waals surface area (Å²) in [5, 5.41) is 13.9. The van der Waals surface area contributed by atoms with Gasteiger partial charge in [0.05, 0.1) is 17.1 Å². The molecule has 2 aromatic rings. The fourth-order valence-electron chi connectivity index (χ4n) is 2.59. The zero-order chi connectivity index (χ0) is 23.5. The van der Waals surface area contributed by atoms with Crippen molar-refractivity contribution in [3.8, 4) is 0 Å². The summed E-state index contributed by atoms with van der Waals surface area (Å²) in [7, 11) is 0. The Morgan fingerprint density at radius 2 is 1.87 bits per heavy atom. The molecule has 2 rings (SSSR count). The predicted molar refractivity (Wildman–Crippen MR) is 116 cm³/mol. The first-order valence-electron chi connectivity index (χ1n) is 9.14. The molecule has 9 nitrogen and oxygen atoms in total. The quantitative estimate of drug-likeness (QED) is 0.359. The number of nitro benzene ring substituents is 1. The number of esters is 2. The summed E-state index contributed by atoms with van der Waals surface area (Å²) in [6.45, 7) is 8.30. The van der Waals surface area contributed by atoms with Crippen LogP contribution in [0, 0.1) is 17.0 Å². The lowest BCUT2D eigenvalue weighted by atomic mass is 10.1. The Morgan fingerprint density at radius 1 is 1.23 bits per heavy atom. The molecule has 0 bridgehead atoms. The number of benzene rings is 1. The van der Waals surface area contributed by atoms with Crippen LogP contribution in [0.4, 0.5) is 10.7 Å². The number of rotatable bonds is 6. The molecule has 0 aliphatic rings. The number of hydrogen-bond donors (Lipinski definition) is 1. The maximum Gasteiger partial charge on any atom is 0.349 e. The second kappa shape index (κ2) is 9.44. The molecule has 0 aliphatic carbocycles. The number of carbonyl (C=O) groups excluding carboxylic acids is 3. The van der Waals surface area contributed by atoms with E-state index in [1.54, 1.807) is 27.7 Å². The highest BCUT2D eigenvalue weighted by atomic mass is 35.5. The Bertz CT molecular complexity index is 1060. The summed E-state index contributed by atoms with van der Waals surface area (Å²) in [4.78, 5) is 48.6. The molecular formula is C20H21ClN2O7S. The summed E-state index contributed by atoms with van der Waals surface area (Å²) in [6.07, 6.45) is 0. The van der Waals surface area contributed by atoms with Crippen molar-refractivity contribution in [3.05, 3.63) is 54.9 Å². The van der Waals surface area contributed by atoms with E-state index in [0.717, 1.165) is 23.5 Å². The van der Waals surface area contributed by atoms with Gasteiger partial charge in [0, 0.05) is 11.1 Å². The van der Waals surface area contributed by atoms with Crippen LogP contribution in [0.3, 0.4) is 0 Å². The number of amides is 1. The Hall–Kier alpha value is -2.98. The highest BCUT2D eigenvalue weighted by molar-refractivity contribution is 7.18. The number of nitrogens with zero attached hydrogens (tertiary/aromatic N) is 1. The molecule has 0 spiro atoms. The third-order valence-corrected chi connectivity index (χ3v) is 5.26. The molecule has 0 radical (unpaired) electrons. The lowest BCUT2D eigenvalue weighted by molar-refractivity contribution is -0.385. The molecule has 1 heterocycles. The molecular weight excluding hydrogens is 448 g/mol. The van der Waals surface area contributed by atoms with Gasteiger partial charge in [-0.25, -0.2) is 9.59 Å². The van der Waals surface area contributed by atoms with Gasteiger partial charge in [0.2, 0.25) is 0 Å². The van der Waals surface area contributed by atoms with Crippen molar-refractivity contribution in [1.82, 2.24) is 0 Å². The van der Waals surface area contributed by atoms with Crippen LogP contribution in [0.1, 0.15) is 63.6 Å². The number of nitrogens with one attached hydrogen (secondary N) is 1. The predicted octanol–water partition coefficient (Wildman–Crippen LogP) is 5.00. The van der Waals surface area contributed by atoms with Crippen LogP contribution in [0.25, 0.3) is 0 Å². The standard InChI is InChI=1S/C20H21ClN2O7S/c1-6-29-18(25)14-10(2)15(19(26)30-20(3,4)5)31-17(14)22-16(24)12-9-11(21)7-8-13(12)23(27)28/h7-9H,6H2,1-5H3,(H,22,24). The van der Waals surface area contributed by atoms with Gasteiger partial charge in [0.1, 0.15) is 21.0 Å². The molecule has 11 heteroatoms. The molecule has 0 fully saturated rings. The summed E-state index contributed by atoms with van der Waals surface area (Å²) in [6, 6.07) is 3.54. The summed E-state index contributed by atoms with van der Waals surface area (Å²) in [5.41, 5.74) is -1.28. The average Bonchev–Trinajstić information content (AvgIpc) is 2.96. The van der Waals surface area contributed by atoms with Gasteiger partial charge in [-0.15, -0.1) is 11.3 Å². The third-order valence-electron chi connectivity index (χ3n) is 3.84. The second-order valence-corrected chi connectivity index (χ2v) is 8.81. The van der Waals surface area contributed by atoms with Crippen molar-refractivity contribution in [1.29, 1.82) is 0 Å². The Balaban J connectivity index is 2.53. The van der Waals surface area contributed by atoms with E-state index >= 15 is 0 Å². The van der Waals surface area contributed by atoms with Gasteiger partial charge >= 0.3 is 11.9 Å². The first-order chi connectivity index (χ1) is 14.4. The van der Waals surface area contributed by atoms with Crippen LogP contribution in [0.5, 0.6) is 0 Å². The van der Waals surface area contributed by atoms with E-state index in [9.17, 15) is 24.5 Å². The fraction of sp³-hybridized carbons (Fsp3) is 0.350. The molecule has 166 valence electrons. The molecule has 1 aromatic heterocycles. The SMILES string of the molecule is CCOC(=O)c1c(NC(=O)c2cc(Cl)ccc2[N+](=O)[O-])sc(C(=O)OC(C)(C)C)c1C. The molecule has 31 heavy (non-hydrogen) atoms. The van der Waals surface area contributed by atoms with E-state index in [1.165, 1.54) is 13.0 Å². The van der Waals surface area contributed by atoms with E-state index in [2.05, 4.69) is 5.32 Å². The monoisotopic (exact) mass is 468 g/mol. The number of halogens is 1. The van der Waals surface area contributed by atoms with Crippen molar-refractivity contribution in [3.63, 3.8) is 0 Å². The third kappa shape index (κ3) is 5.80. The van der Waals surface area contributed by atoms with Gasteiger partial charge in [0.15, 0.2) is 0 Å². The second-order valence-electron chi connectivity index (χ2n) is 7.36. The maximum atomic E-state index is 12.8. The van der Waals surface area contributed by atoms with Crippen molar-refractivity contribution in [2.45, 2.75) is 40.2 Å². The molecule has 1 amide bonds. The molecule has 0 saturated heterocycles. The normalized spacial score (nSPS) is 11.0. The maximum absolute atomic E-state index is 12.8. The largest absolute Gasteiger partial charge is 0.462 e.